The van der Waals surface area contributed by atoms with Gasteiger partial charge in [0, 0.05) is 19.5 Å². The zero-order valence-corrected chi connectivity index (χ0v) is 14.0. The molecule has 0 aliphatic carbocycles. The van der Waals surface area contributed by atoms with Crippen molar-refractivity contribution in [3.8, 4) is 5.75 Å². The Bertz CT molecular complexity index is 657. The van der Waals surface area contributed by atoms with Gasteiger partial charge < -0.3 is 14.2 Å². The molecular formula is C18H23N3O3. The number of ether oxygens (including phenoxy) is 1. The number of carbonyl (C=O) groups excluding carboxylic acids is 1. The number of rotatable bonds is 6. The van der Waals surface area contributed by atoms with Gasteiger partial charge in [-0.2, -0.15) is 4.98 Å². The second-order valence-electron chi connectivity index (χ2n) is 6.08. The predicted octanol–water partition coefficient (Wildman–Crippen LogP) is 2.81. The van der Waals surface area contributed by atoms with Crippen LogP contribution in [0.5, 0.6) is 5.75 Å². The van der Waals surface area contributed by atoms with E-state index in [1.807, 2.05) is 35.2 Å². The number of amides is 1. The zero-order valence-electron chi connectivity index (χ0n) is 14.0. The molecule has 1 atom stereocenters. The van der Waals surface area contributed by atoms with Crippen molar-refractivity contribution in [2.45, 2.75) is 38.5 Å². The summed E-state index contributed by atoms with van der Waals surface area (Å²) < 4.78 is 10.9. The fraction of sp³-hybridized carbons (Fsp3) is 0.500. The largest absolute Gasteiger partial charge is 0.484 e. The van der Waals surface area contributed by atoms with Crippen LogP contribution in [0.3, 0.4) is 0 Å². The molecule has 1 aliphatic rings. The van der Waals surface area contributed by atoms with Crippen molar-refractivity contribution in [1.29, 1.82) is 0 Å². The van der Waals surface area contributed by atoms with E-state index in [1.54, 1.807) is 0 Å². The van der Waals surface area contributed by atoms with E-state index in [4.69, 9.17) is 9.26 Å². The van der Waals surface area contributed by atoms with Gasteiger partial charge in [0.15, 0.2) is 12.4 Å². The van der Waals surface area contributed by atoms with Crippen LogP contribution in [0, 0.1) is 0 Å². The molecule has 6 nitrogen and oxygen atoms in total. The molecule has 2 heterocycles. The molecule has 1 fully saturated rings. The number of hydrogen-bond acceptors (Lipinski definition) is 5. The second-order valence-corrected chi connectivity index (χ2v) is 6.08. The Morgan fingerprint density at radius 3 is 3.00 bits per heavy atom. The van der Waals surface area contributed by atoms with Gasteiger partial charge in [-0.3, -0.25) is 4.79 Å². The van der Waals surface area contributed by atoms with Crippen molar-refractivity contribution >= 4 is 5.91 Å². The van der Waals surface area contributed by atoms with Crippen LogP contribution in [0.15, 0.2) is 34.9 Å². The van der Waals surface area contributed by atoms with Gasteiger partial charge in [-0.05, 0) is 31.4 Å². The van der Waals surface area contributed by atoms with Crippen LogP contribution < -0.4 is 4.74 Å². The molecule has 1 aliphatic heterocycles. The van der Waals surface area contributed by atoms with Gasteiger partial charge in [-0.15, -0.1) is 0 Å². The lowest BCUT2D eigenvalue weighted by atomic mass is 9.98. The first-order valence-corrected chi connectivity index (χ1v) is 8.54. The van der Waals surface area contributed by atoms with Crippen molar-refractivity contribution < 1.29 is 14.1 Å². The van der Waals surface area contributed by atoms with Gasteiger partial charge in [0.1, 0.15) is 5.75 Å². The summed E-state index contributed by atoms with van der Waals surface area (Å²) in [5.41, 5.74) is 0. The van der Waals surface area contributed by atoms with Crippen molar-refractivity contribution in [2.75, 3.05) is 19.7 Å². The standard InChI is InChI=1S/C18H23N3O3/c1-2-7-16-19-18(24-20-16)14-8-6-11-21(12-14)17(22)13-23-15-9-4-3-5-10-15/h3-5,9-10,14H,2,6-8,11-13H2,1H3/t14-/m1/s1. The van der Waals surface area contributed by atoms with Crippen LogP contribution >= 0.6 is 0 Å². The van der Waals surface area contributed by atoms with Crippen LogP contribution in [-0.2, 0) is 11.2 Å². The molecule has 1 aromatic carbocycles. The molecule has 3 rings (SSSR count). The number of carbonyl (C=O) groups is 1. The highest BCUT2D eigenvalue weighted by atomic mass is 16.5. The number of hydrogen-bond donors (Lipinski definition) is 0. The lowest BCUT2D eigenvalue weighted by Crippen LogP contribution is -2.41. The van der Waals surface area contributed by atoms with E-state index >= 15 is 0 Å². The fourth-order valence-corrected chi connectivity index (χ4v) is 2.92. The van der Waals surface area contributed by atoms with Crippen LogP contribution in [0.4, 0.5) is 0 Å². The minimum atomic E-state index is -0.00292. The summed E-state index contributed by atoms with van der Waals surface area (Å²) in [4.78, 5) is 18.7. The van der Waals surface area contributed by atoms with Crippen LogP contribution in [0.2, 0.25) is 0 Å². The van der Waals surface area contributed by atoms with Gasteiger partial charge in [-0.1, -0.05) is 30.3 Å². The number of nitrogens with zero attached hydrogens (tertiary/aromatic N) is 3. The minimum absolute atomic E-state index is 0.00292. The van der Waals surface area contributed by atoms with E-state index in [2.05, 4.69) is 17.1 Å². The summed E-state index contributed by atoms with van der Waals surface area (Å²) in [5, 5.41) is 4.01. The Morgan fingerprint density at radius 1 is 1.38 bits per heavy atom. The summed E-state index contributed by atoms with van der Waals surface area (Å²) in [6, 6.07) is 9.39. The SMILES string of the molecule is CCCc1noc([C@@H]2CCCN(C(=O)COc3ccccc3)C2)n1. The molecular weight excluding hydrogens is 306 g/mol. The van der Waals surface area contributed by atoms with Gasteiger partial charge in [0.2, 0.25) is 5.89 Å². The highest BCUT2D eigenvalue weighted by Crippen LogP contribution is 2.26. The summed E-state index contributed by atoms with van der Waals surface area (Å²) in [6.45, 7) is 3.51. The lowest BCUT2D eigenvalue weighted by Gasteiger charge is -2.30. The van der Waals surface area contributed by atoms with Crippen molar-refractivity contribution in [3.63, 3.8) is 0 Å². The number of likely N-dealkylation sites (tertiary alicyclic amines) is 1. The molecule has 0 unspecified atom stereocenters. The number of benzene rings is 1. The maximum atomic E-state index is 12.4. The highest BCUT2D eigenvalue weighted by Gasteiger charge is 2.28. The highest BCUT2D eigenvalue weighted by molar-refractivity contribution is 5.78. The normalized spacial score (nSPS) is 17.7. The van der Waals surface area contributed by atoms with Crippen LogP contribution in [0.1, 0.15) is 43.8 Å². The summed E-state index contributed by atoms with van der Waals surface area (Å²) in [6.07, 6.45) is 3.72. The summed E-state index contributed by atoms with van der Waals surface area (Å²) in [7, 11) is 0. The van der Waals surface area contributed by atoms with Crippen molar-refractivity contribution in [3.05, 3.63) is 42.0 Å². The van der Waals surface area contributed by atoms with E-state index in [9.17, 15) is 4.79 Å². The Labute approximate surface area is 141 Å². The average molecular weight is 329 g/mol. The third kappa shape index (κ3) is 4.13. The van der Waals surface area contributed by atoms with E-state index < -0.39 is 0 Å². The Morgan fingerprint density at radius 2 is 2.21 bits per heavy atom. The first-order chi connectivity index (χ1) is 11.8. The second kappa shape index (κ2) is 7.95. The van der Waals surface area contributed by atoms with E-state index in [-0.39, 0.29) is 18.4 Å². The molecule has 1 aromatic heterocycles. The van der Waals surface area contributed by atoms with Crippen molar-refractivity contribution in [2.24, 2.45) is 0 Å². The molecule has 0 radical (unpaired) electrons. The maximum absolute atomic E-state index is 12.4. The topological polar surface area (TPSA) is 68.5 Å². The molecule has 128 valence electrons. The molecule has 24 heavy (non-hydrogen) atoms. The van der Waals surface area contributed by atoms with Crippen molar-refractivity contribution in [1.82, 2.24) is 15.0 Å². The van der Waals surface area contributed by atoms with Gasteiger partial charge in [0.25, 0.3) is 5.91 Å². The number of aryl methyl sites for hydroxylation is 1. The van der Waals surface area contributed by atoms with E-state index in [1.165, 1.54) is 0 Å². The smallest absolute Gasteiger partial charge is 0.260 e. The van der Waals surface area contributed by atoms with Gasteiger partial charge >= 0.3 is 0 Å². The molecule has 0 spiro atoms. The summed E-state index contributed by atoms with van der Waals surface area (Å²) in [5.74, 6) is 2.23. The number of para-hydroxylation sites is 1. The van der Waals surface area contributed by atoms with E-state index in [0.29, 0.717) is 18.2 Å². The molecule has 2 aromatic rings. The first kappa shape index (κ1) is 16.5. The Kier molecular flexibility index (Phi) is 5.46. The van der Waals surface area contributed by atoms with E-state index in [0.717, 1.165) is 38.1 Å². The lowest BCUT2D eigenvalue weighted by molar-refractivity contribution is -0.134. The molecule has 0 N–H and O–H groups in total. The number of aromatic nitrogens is 2. The Balaban J connectivity index is 1.55. The van der Waals surface area contributed by atoms with Crippen LogP contribution in [-0.4, -0.2) is 40.6 Å². The molecule has 0 saturated carbocycles. The van der Waals surface area contributed by atoms with Gasteiger partial charge in [-0.25, -0.2) is 0 Å². The molecule has 0 bridgehead atoms. The first-order valence-electron chi connectivity index (χ1n) is 8.54. The third-order valence-electron chi connectivity index (χ3n) is 4.19. The minimum Gasteiger partial charge on any atom is -0.484 e. The summed E-state index contributed by atoms with van der Waals surface area (Å²) >= 11 is 0. The monoisotopic (exact) mass is 329 g/mol. The maximum Gasteiger partial charge on any atom is 0.260 e. The average Bonchev–Trinajstić information content (AvgIpc) is 3.10. The number of piperidine rings is 1. The third-order valence-corrected chi connectivity index (χ3v) is 4.19. The predicted molar refractivity (Wildman–Crippen MR) is 88.8 cm³/mol. The molecule has 1 saturated heterocycles. The fourth-order valence-electron chi connectivity index (χ4n) is 2.92. The zero-order chi connectivity index (χ0) is 16.8. The quantitative estimate of drug-likeness (QED) is 0.815. The molecule has 6 heteroatoms. The molecule has 1 amide bonds. The van der Waals surface area contributed by atoms with Gasteiger partial charge in [0.05, 0.1) is 5.92 Å². The van der Waals surface area contributed by atoms with Crippen LogP contribution in [0.25, 0.3) is 0 Å². The Hall–Kier alpha value is -2.37.